The van der Waals surface area contributed by atoms with Gasteiger partial charge < -0.3 is 0 Å². The SMILES string of the molecule is CCNC(C)(C#N)CC(C)n1ccc(C(F)(F)F)n1. The van der Waals surface area contributed by atoms with Gasteiger partial charge in [-0.05, 0) is 26.5 Å². The van der Waals surface area contributed by atoms with Gasteiger partial charge in [0, 0.05) is 12.6 Å². The molecular formula is C12H17F3N4. The van der Waals surface area contributed by atoms with Gasteiger partial charge in [0.25, 0.3) is 0 Å². The molecule has 1 N–H and O–H groups in total. The fourth-order valence-corrected chi connectivity index (χ4v) is 1.97. The zero-order chi connectivity index (χ0) is 14.7. The Bertz CT molecular complexity index is 460. The first-order chi connectivity index (χ1) is 8.72. The van der Waals surface area contributed by atoms with E-state index in [1.807, 2.05) is 6.92 Å². The van der Waals surface area contributed by atoms with E-state index in [1.54, 1.807) is 13.8 Å². The van der Waals surface area contributed by atoms with E-state index in [0.717, 1.165) is 6.07 Å². The molecule has 0 amide bonds. The number of aromatic nitrogens is 2. The second-order valence-corrected chi connectivity index (χ2v) is 4.71. The van der Waals surface area contributed by atoms with Crippen LogP contribution >= 0.6 is 0 Å². The number of rotatable bonds is 5. The van der Waals surface area contributed by atoms with Crippen molar-refractivity contribution in [1.29, 1.82) is 5.26 Å². The van der Waals surface area contributed by atoms with Crippen LogP contribution in [0.1, 0.15) is 38.9 Å². The summed E-state index contributed by atoms with van der Waals surface area (Å²) in [5.74, 6) is 0. The van der Waals surface area contributed by atoms with Crippen molar-refractivity contribution in [3.63, 3.8) is 0 Å². The molecule has 1 aromatic rings. The molecule has 0 aliphatic rings. The van der Waals surface area contributed by atoms with Crippen molar-refractivity contribution in [3.05, 3.63) is 18.0 Å². The summed E-state index contributed by atoms with van der Waals surface area (Å²) in [6, 6.07) is 2.77. The van der Waals surface area contributed by atoms with Gasteiger partial charge in [0.05, 0.1) is 12.1 Å². The fourth-order valence-electron chi connectivity index (χ4n) is 1.97. The van der Waals surface area contributed by atoms with Gasteiger partial charge in [-0.2, -0.15) is 23.5 Å². The van der Waals surface area contributed by atoms with Gasteiger partial charge in [0.15, 0.2) is 5.69 Å². The maximum atomic E-state index is 12.4. The lowest BCUT2D eigenvalue weighted by atomic mass is 9.95. The van der Waals surface area contributed by atoms with Crippen LogP contribution in [0.2, 0.25) is 0 Å². The van der Waals surface area contributed by atoms with E-state index in [1.165, 1.54) is 10.9 Å². The zero-order valence-electron chi connectivity index (χ0n) is 11.1. The Morgan fingerprint density at radius 3 is 2.58 bits per heavy atom. The molecule has 0 spiro atoms. The molecule has 0 radical (unpaired) electrons. The van der Waals surface area contributed by atoms with Gasteiger partial charge in [0.2, 0.25) is 0 Å². The van der Waals surface area contributed by atoms with Gasteiger partial charge in [-0.1, -0.05) is 6.92 Å². The predicted octanol–water partition coefficient (Wildman–Crippen LogP) is 2.74. The summed E-state index contributed by atoms with van der Waals surface area (Å²) in [5.41, 5.74) is -1.69. The van der Waals surface area contributed by atoms with E-state index in [-0.39, 0.29) is 6.04 Å². The Hall–Kier alpha value is -1.55. The van der Waals surface area contributed by atoms with Crippen LogP contribution in [0.4, 0.5) is 13.2 Å². The van der Waals surface area contributed by atoms with Gasteiger partial charge in [-0.15, -0.1) is 0 Å². The molecule has 7 heteroatoms. The Balaban J connectivity index is 2.81. The van der Waals surface area contributed by atoms with E-state index in [4.69, 9.17) is 5.26 Å². The summed E-state index contributed by atoms with van der Waals surface area (Å²) < 4.78 is 38.6. The van der Waals surface area contributed by atoms with E-state index < -0.39 is 17.4 Å². The first-order valence-electron chi connectivity index (χ1n) is 6.00. The number of alkyl halides is 3. The van der Waals surface area contributed by atoms with Crippen LogP contribution in [0.25, 0.3) is 0 Å². The summed E-state index contributed by atoms with van der Waals surface area (Å²) in [7, 11) is 0. The molecule has 1 rings (SSSR count). The maximum Gasteiger partial charge on any atom is 0.435 e. The van der Waals surface area contributed by atoms with E-state index in [9.17, 15) is 13.2 Å². The highest BCUT2D eigenvalue weighted by Gasteiger charge is 2.34. The van der Waals surface area contributed by atoms with E-state index >= 15 is 0 Å². The van der Waals surface area contributed by atoms with Crippen molar-refractivity contribution in [2.24, 2.45) is 0 Å². The molecule has 1 heterocycles. The maximum absolute atomic E-state index is 12.4. The van der Waals surface area contributed by atoms with Gasteiger partial charge in [0.1, 0.15) is 5.54 Å². The van der Waals surface area contributed by atoms with Crippen LogP contribution in [0.3, 0.4) is 0 Å². The summed E-state index contributed by atoms with van der Waals surface area (Å²) in [6.07, 6.45) is -2.78. The topological polar surface area (TPSA) is 53.6 Å². The monoisotopic (exact) mass is 274 g/mol. The standard InChI is InChI=1S/C12H17F3N4/c1-4-17-11(3,8-16)7-9(2)19-6-5-10(18-19)12(13,14)15/h5-6,9,17H,4,7H2,1-3H3. The first kappa shape index (κ1) is 15.5. The highest BCUT2D eigenvalue weighted by atomic mass is 19.4. The molecule has 0 saturated heterocycles. The molecule has 19 heavy (non-hydrogen) atoms. The molecular weight excluding hydrogens is 257 g/mol. The average Bonchev–Trinajstić information content (AvgIpc) is 2.78. The minimum absolute atomic E-state index is 0.306. The first-order valence-corrected chi connectivity index (χ1v) is 6.00. The number of halogens is 3. The number of hydrogen-bond acceptors (Lipinski definition) is 3. The summed E-state index contributed by atoms with van der Waals surface area (Å²) in [5, 5.41) is 15.7. The second kappa shape index (κ2) is 5.61. The molecule has 0 aliphatic heterocycles. The number of nitrogens with zero attached hydrogens (tertiary/aromatic N) is 3. The van der Waals surface area contributed by atoms with Gasteiger partial charge in [-0.25, -0.2) is 0 Å². The summed E-state index contributed by atoms with van der Waals surface area (Å²) in [4.78, 5) is 0. The molecule has 1 aromatic heterocycles. The molecule has 0 aromatic carbocycles. The van der Waals surface area contributed by atoms with Crippen LogP contribution in [-0.4, -0.2) is 21.9 Å². The third-order valence-corrected chi connectivity index (χ3v) is 2.87. The highest BCUT2D eigenvalue weighted by Crippen LogP contribution is 2.28. The number of nitriles is 1. The normalized spacial score (nSPS) is 16.7. The minimum atomic E-state index is -4.44. The van der Waals surface area contributed by atoms with Crippen LogP contribution < -0.4 is 5.32 Å². The lowest BCUT2D eigenvalue weighted by Gasteiger charge is -2.26. The van der Waals surface area contributed by atoms with Crippen LogP contribution in [-0.2, 0) is 6.18 Å². The molecule has 0 aliphatic carbocycles. The number of hydrogen-bond donors (Lipinski definition) is 1. The van der Waals surface area contributed by atoms with Crippen LogP contribution in [0.5, 0.6) is 0 Å². The Morgan fingerprint density at radius 2 is 2.16 bits per heavy atom. The predicted molar refractivity (Wildman–Crippen MR) is 64.3 cm³/mol. The second-order valence-electron chi connectivity index (χ2n) is 4.71. The van der Waals surface area contributed by atoms with Crippen molar-refractivity contribution in [2.45, 2.75) is 44.9 Å². The summed E-state index contributed by atoms with van der Waals surface area (Å²) >= 11 is 0. The molecule has 4 nitrogen and oxygen atoms in total. The molecule has 106 valence electrons. The van der Waals surface area contributed by atoms with Gasteiger partial charge in [-0.3, -0.25) is 10.00 Å². The fraction of sp³-hybridized carbons (Fsp3) is 0.667. The third kappa shape index (κ3) is 3.96. The lowest BCUT2D eigenvalue weighted by molar-refractivity contribution is -0.141. The van der Waals surface area contributed by atoms with Crippen molar-refractivity contribution >= 4 is 0 Å². The largest absolute Gasteiger partial charge is 0.435 e. The quantitative estimate of drug-likeness (QED) is 0.898. The zero-order valence-corrected chi connectivity index (χ0v) is 11.1. The van der Waals surface area contributed by atoms with Crippen LogP contribution in [0.15, 0.2) is 12.3 Å². The van der Waals surface area contributed by atoms with Crippen molar-refractivity contribution in [3.8, 4) is 6.07 Å². The molecule has 0 bridgehead atoms. The molecule has 2 unspecified atom stereocenters. The molecule has 0 fully saturated rings. The van der Waals surface area contributed by atoms with Crippen molar-refractivity contribution in [2.75, 3.05) is 6.54 Å². The van der Waals surface area contributed by atoms with Crippen molar-refractivity contribution < 1.29 is 13.2 Å². The van der Waals surface area contributed by atoms with Crippen LogP contribution in [0, 0.1) is 11.3 Å². The minimum Gasteiger partial charge on any atom is -0.300 e. The van der Waals surface area contributed by atoms with E-state index in [0.29, 0.717) is 13.0 Å². The Kier molecular flexibility index (Phi) is 4.58. The lowest BCUT2D eigenvalue weighted by Crippen LogP contribution is -2.42. The summed E-state index contributed by atoms with van der Waals surface area (Å²) in [6.45, 7) is 5.95. The number of nitrogens with one attached hydrogen (secondary N) is 1. The Morgan fingerprint density at radius 1 is 1.53 bits per heavy atom. The highest BCUT2D eigenvalue weighted by molar-refractivity contribution is 5.07. The van der Waals surface area contributed by atoms with E-state index in [2.05, 4.69) is 16.5 Å². The molecule has 0 saturated carbocycles. The van der Waals surface area contributed by atoms with Gasteiger partial charge >= 0.3 is 6.18 Å². The smallest absolute Gasteiger partial charge is 0.300 e. The average molecular weight is 274 g/mol. The molecule has 2 atom stereocenters. The Labute approximate surface area is 110 Å². The van der Waals surface area contributed by atoms with Crippen molar-refractivity contribution in [1.82, 2.24) is 15.1 Å². The third-order valence-electron chi connectivity index (χ3n) is 2.87.